The fraction of sp³-hybridized carbons (Fsp3) is 0.400. The molecule has 0 radical (unpaired) electrons. The second-order valence-corrected chi connectivity index (χ2v) is 9.59. The van der Waals surface area contributed by atoms with Crippen LogP contribution in [0.3, 0.4) is 0 Å². The van der Waals surface area contributed by atoms with Gasteiger partial charge in [-0.15, -0.1) is 0 Å². The third-order valence-electron chi connectivity index (χ3n) is 6.81. The van der Waals surface area contributed by atoms with E-state index >= 15 is 0 Å². The average Bonchev–Trinajstić information content (AvgIpc) is 3.48. The molecule has 2 aliphatic rings. The number of aliphatic hydroxyl groups is 1. The molecule has 0 aromatic carbocycles. The van der Waals surface area contributed by atoms with Crippen molar-refractivity contribution in [1.29, 1.82) is 0 Å². The fourth-order valence-electron chi connectivity index (χ4n) is 4.93. The average molecular weight is 512 g/mol. The number of amides is 3. The van der Waals surface area contributed by atoms with Crippen molar-refractivity contribution < 1.29 is 23.9 Å². The van der Waals surface area contributed by atoms with Gasteiger partial charge >= 0.3 is 0 Å². The van der Waals surface area contributed by atoms with Crippen LogP contribution in [-0.4, -0.2) is 50.3 Å². The summed E-state index contributed by atoms with van der Waals surface area (Å²) in [4.78, 5) is 48.7. The third kappa shape index (κ3) is 4.91. The topological polar surface area (TPSA) is 138 Å². The Hall–Kier alpha value is -3.50. The molecule has 0 bridgehead atoms. The number of anilines is 2. The monoisotopic (exact) mass is 511 g/mol. The van der Waals surface area contributed by atoms with Gasteiger partial charge in [0.15, 0.2) is 5.58 Å². The van der Waals surface area contributed by atoms with Crippen LogP contribution in [-0.2, 0) is 16.2 Å². The number of nitrogens with one attached hydrogen (secondary N) is 2. The summed E-state index contributed by atoms with van der Waals surface area (Å²) < 4.78 is 5.79. The molecule has 0 atom stereocenters. The molecule has 1 saturated carbocycles. The summed E-state index contributed by atoms with van der Waals surface area (Å²) in [5, 5.41) is 15.4. The first-order valence-corrected chi connectivity index (χ1v) is 12.4. The summed E-state index contributed by atoms with van der Waals surface area (Å²) in [6.45, 7) is 0.550. The quantitative estimate of drug-likeness (QED) is 0.458. The minimum Gasteiger partial charge on any atom is -0.447 e. The molecule has 11 heteroatoms. The zero-order chi connectivity index (χ0) is 25.2. The van der Waals surface area contributed by atoms with Crippen LogP contribution in [0.5, 0.6) is 0 Å². The van der Waals surface area contributed by atoms with Crippen LogP contribution in [0.2, 0.25) is 5.02 Å². The molecular formula is C25H26ClN5O5. The Morgan fingerprint density at radius 1 is 1.14 bits per heavy atom. The molecule has 3 amide bonds. The van der Waals surface area contributed by atoms with Gasteiger partial charge < -0.3 is 25.1 Å². The number of fused-ring (bicyclic) bond motifs is 1. The third-order valence-corrected chi connectivity index (χ3v) is 7.03. The van der Waals surface area contributed by atoms with Crippen molar-refractivity contribution in [3.63, 3.8) is 0 Å². The summed E-state index contributed by atoms with van der Waals surface area (Å²) >= 11 is 5.87. The molecule has 1 saturated heterocycles. The van der Waals surface area contributed by atoms with Crippen molar-refractivity contribution in [2.24, 2.45) is 5.92 Å². The number of aliphatic hydroxyl groups excluding tert-OH is 1. The summed E-state index contributed by atoms with van der Waals surface area (Å²) in [6, 6.07) is 4.90. The molecule has 1 aliphatic carbocycles. The van der Waals surface area contributed by atoms with Crippen LogP contribution < -0.4 is 10.6 Å². The van der Waals surface area contributed by atoms with Crippen LogP contribution in [0.1, 0.15) is 54.6 Å². The van der Waals surface area contributed by atoms with Crippen molar-refractivity contribution in [2.45, 2.75) is 51.2 Å². The number of likely N-dealkylation sites (tertiary alicyclic amines) is 1. The summed E-state index contributed by atoms with van der Waals surface area (Å²) in [5.74, 6) is -0.744. The van der Waals surface area contributed by atoms with E-state index in [-0.39, 0.29) is 53.2 Å². The number of carbonyl (C=O) groups excluding carboxylic acids is 3. The van der Waals surface area contributed by atoms with Crippen LogP contribution >= 0.6 is 11.6 Å². The Morgan fingerprint density at radius 3 is 2.61 bits per heavy atom. The van der Waals surface area contributed by atoms with Gasteiger partial charge in [0, 0.05) is 37.3 Å². The Labute approximate surface area is 212 Å². The molecule has 0 unspecified atom stereocenters. The van der Waals surface area contributed by atoms with Crippen molar-refractivity contribution in [1.82, 2.24) is 14.9 Å². The van der Waals surface area contributed by atoms with Crippen LogP contribution in [0, 0.1) is 5.92 Å². The zero-order valence-electron chi connectivity index (χ0n) is 19.5. The van der Waals surface area contributed by atoms with Gasteiger partial charge in [0.25, 0.3) is 5.91 Å². The highest BCUT2D eigenvalue weighted by Crippen LogP contribution is 2.34. The molecule has 1 aliphatic heterocycles. The number of halogens is 1. The molecule has 2 fully saturated rings. The molecule has 3 aromatic heterocycles. The van der Waals surface area contributed by atoms with E-state index in [1.165, 1.54) is 12.4 Å². The fourth-order valence-corrected chi connectivity index (χ4v) is 5.05. The van der Waals surface area contributed by atoms with Gasteiger partial charge in [0.1, 0.15) is 17.0 Å². The predicted octanol–water partition coefficient (Wildman–Crippen LogP) is 3.74. The SMILES string of the molecule is O=C(Nc1ccc(Cl)cn1)c1oc2cc(CO)cnc2c1NC(=O)C1CCC(N2CCCC2=O)CC1. The van der Waals surface area contributed by atoms with Crippen LogP contribution in [0.25, 0.3) is 11.1 Å². The van der Waals surface area contributed by atoms with E-state index in [0.29, 0.717) is 35.4 Å². The maximum absolute atomic E-state index is 13.2. The van der Waals surface area contributed by atoms with Gasteiger partial charge in [-0.3, -0.25) is 19.4 Å². The van der Waals surface area contributed by atoms with Crippen molar-refractivity contribution in [2.75, 3.05) is 17.2 Å². The highest BCUT2D eigenvalue weighted by molar-refractivity contribution is 6.30. The maximum atomic E-state index is 13.2. The lowest BCUT2D eigenvalue weighted by Gasteiger charge is -2.34. The van der Waals surface area contributed by atoms with Gasteiger partial charge in [-0.05, 0) is 55.9 Å². The number of furan rings is 1. The molecule has 3 aromatic rings. The number of pyridine rings is 2. The molecule has 5 rings (SSSR count). The van der Waals surface area contributed by atoms with Gasteiger partial charge in [0.2, 0.25) is 17.6 Å². The van der Waals surface area contributed by atoms with Gasteiger partial charge in [-0.25, -0.2) is 4.98 Å². The van der Waals surface area contributed by atoms with Crippen molar-refractivity contribution >= 4 is 51.9 Å². The van der Waals surface area contributed by atoms with Crippen LogP contribution in [0.15, 0.2) is 35.0 Å². The van der Waals surface area contributed by atoms with E-state index in [9.17, 15) is 19.5 Å². The Bertz CT molecular complexity index is 1300. The predicted molar refractivity (Wildman–Crippen MR) is 132 cm³/mol. The van der Waals surface area contributed by atoms with Crippen molar-refractivity contribution in [3.8, 4) is 0 Å². The normalized spacial score (nSPS) is 20.1. The minimum absolute atomic E-state index is 0.117. The first-order valence-electron chi connectivity index (χ1n) is 12.0. The standard InChI is InChI=1S/C25H26ClN5O5/c26-16-5-8-19(27-12-16)29-25(35)23-22(21-18(36-23)10-14(13-32)11-28-21)30-24(34)15-3-6-17(7-4-15)31-9-1-2-20(31)33/h5,8,10-12,15,17,32H,1-4,6-7,9,13H2,(H,30,34)(H,27,29,35). The maximum Gasteiger partial charge on any atom is 0.294 e. The number of aromatic nitrogens is 2. The number of carbonyl (C=O) groups is 3. The Morgan fingerprint density at radius 2 is 1.94 bits per heavy atom. The first kappa shape index (κ1) is 24.2. The summed E-state index contributed by atoms with van der Waals surface area (Å²) in [7, 11) is 0. The van der Waals surface area contributed by atoms with Gasteiger partial charge in [-0.1, -0.05) is 11.6 Å². The molecule has 4 heterocycles. The van der Waals surface area contributed by atoms with E-state index in [4.69, 9.17) is 16.0 Å². The van der Waals surface area contributed by atoms with E-state index in [1.54, 1.807) is 18.2 Å². The molecule has 36 heavy (non-hydrogen) atoms. The Balaban J connectivity index is 1.35. The zero-order valence-corrected chi connectivity index (χ0v) is 20.3. The highest BCUT2D eigenvalue weighted by Gasteiger charge is 2.34. The summed E-state index contributed by atoms with van der Waals surface area (Å²) in [6.07, 6.45) is 7.20. The molecular weight excluding hydrogens is 486 g/mol. The van der Waals surface area contributed by atoms with Crippen molar-refractivity contribution in [3.05, 3.63) is 46.9 Å². The highest BCUT2D eigenvalue weighted by atomic mass is 35.5. The Kier molecular flexibility index (Phi) is 6.88. The second kappa shape index (κ2) is 10.2. The minimum atomic E-state index is -0.611. The summed E-state index contributed by atoms with van der Waals surface area (Å²) in [5.41, 5.74) is 1.26. The second-order valence-electron chi connectivity index (χ2n) is 9.16. The number of hydrogen-bond donors (Lipinski definition) is 3. The largest absolute Gasteiger partial charge is 0.447 e. The van der Waals surface area contributed by atoms with E-state index in [1.807, 2.05) is 4.90 Å². The number of hydrogen-bond acceptors (Lipinski definition) is 7. The molecule has 10 nitrogen and oxygen atoms in total. The first-order chi connectivity index (χ1) is 17.4. The molecule has 0 spiro atoms. The van der Waals surface area contributed by atoms with Crippen LogP contribution in [0.4, 0.5) is 11.5 Å². The van der Waals surface area contributed by atoms with E-state index in [2.05, 4.69) is 20.6 Å². The van der Waals surface area contributed by atoms with Gasteiger partial charge in [-0.2, -0.15) is 0 Å². The number of rotatable bonds is 6. The lowest BCUT2D eigenvalue weighted by atomic mass is 9.84. The van der Waals surface area contributed by atoms with Gasteiger partial charge in [0.05, 0.1) is 11.6 Å². The number of nitrogens with zero attached hydrogens (tertiary/aromatic N) is 3. The molecule has 3 N–H and O–H groups in total. The van der Waals surface area contributed by atoms with E-state index < -0.39 is 5.91 Å². The lowest BCUT2D eigenvalue weighted by molar-refractivity contribution is -0.130. The molecule has 188 valence electrons. The lowest BCUT2D eigenvalue weighted by Crippen LogP contribution is -2.40. The van der Waals surface area contributed by atoms with E-state index in [0.717, 1.165) is 25.8 Å². The smallest absolute Gasteiger partial charge is 0.294 e.